The quantitative estimate of drug-likeness (QED) is 0.711. The first-order chi connectivity index (χ1) is 9.51. The summed E-state index contributed by atoms with van der Waals surface area (Å²) in [5.74, 6) is 0. The van der Waals surface area contributed by atoms with Gasteiger partial charge < -0.3 is 4.57 Å². The van der Waals surface area contributed by atoms with Crippen LogP contribution in [0.2, 0.25) is 0 Å². The number of hydrogen-bond acceptors (Lipinski definition) is 1. The maximum atomic E-state index is 9.38. The van der Waals surface area contributed by atoms with E-state index in [0.29, 0.717) is 11.6 Å². The third-order valence-electron chi connectivity index (χ3n) is 3.19. The highest BCUT2D eigenvalue weighted by Gasteiger charge is 2.06. The molecule has 1 aromatic carbocycles. The van der Waals surface area contributed by atoms with Crippen LogP contribution in [0, 0.1) is 18.3 Å². The van der Waals surface area contributed by atoms with Crippen LogP contribution in [-0.4, -0.2) is 4.57 Å². The molecule has 1 aromatic heterocycles. The monoisotopic (exact) mass is 328 g/mol. The fourth-order valence-electron chi connectivity index (χ4n) is 2.25. The number of nitrogens with zero attached hydrogens (tertiary/aromatic N) is 2. The van der Waals surface area contributed by atoms with Crippen LogP contribution in [0.1, 0.15) is 36.7 Å². The van der Waals surface area contributed by atoms with Gasteiger partial charge in [0, 0.05) is 22.4 Å². The number of rotatable bonds is 3. The van der Waals surface area contributed by atoms with E-state index in [1.54, 1.807) is 0 Å². The van der Waals surface area contributed by atoms with Crippen molar-refractivity contribution in [1.29, 1.82) is 5.26 Å². The van der Waals surface area contributed by atoms with E-state index >= 15 is 0 Å². The first-order valence-electron chi connectivity index (χ1n) is 6.57. The van der Waals surface area contributed by atoms with Gasteiger partial charge in [0.25, 0.3) is 0 Å². The molecule has 0 unspecified atom stereocenters. The number of halogens is 1. The molecule has 3 heteroatoms. The van der Waals surface area contributed by atoms with Gasteiger partial charge in [-0.15, -0.1) is 0 Å². The molecule has 0 radical (unpaired) electrons. The van der Waals surface area contributed by atoms with Crippen molar-refractivity contribution < 1.29 is 0 Å². The average molecular weight is 329 g/mol. The van der Waals surface area contributed by atoms with Gasteiger partial charge in [-0.2, -0.15) is 5.26 Å². The van der Waals surface area contributed by atoms with Crippen LogP contribution >= 0.6 is 15.9 Å². The minimum atomic E-state index is 0.425. The van der Waals surface area contributed by atoms with Gasteiger partial charge in [-0.05, 0) is 56.2 Å². The molecule has 2 aromatic rings. The van der Waals surface area contributed by atoms with Gasteiger partial charge in [-0.1, -0.05) is 28.1 Å². The molecule has 0 spiro atoms. The lowest BCUT2D eigenvalue weighted by atomic mass is 10.1. The summed E-state index contributed by atoms with van der Waals surface area (Å²) in [6, 6.07) is 12.6. The summed E-state index contributed by atoms with van der Waals surface area (Å²) < 4.78 is 3.19. The lowest BCUT2D eigenvalue weighted by Crippen LogP contribution is -1.99. The molecule has 0 bridgehead atoms. The van der Waals surface area contributed by atoms with E-state index in [4.69, 9.17) is 0 Å². The summed E-state index contributed by atoms with van der Waals surface area (Å²) in [6.45, 7) is 6.39. The van der Waals surface area contributed by atoms with Crippen molar-refractivity contribution in [3.63, 3.8) is 0 Å². The Kier molecular flexibility index (Phi) is 4.46. The van der Waals surface area contributed by atoms with E-state index in [1.165, 1.54) is 5.69 Å². The lowest BCUT2D eigenvalue weighted by Gasteiger charge is -2.08. The van der Waals surface area contributed by atoms with Gasteiger partial charge in [0.1, 0.15) is 0 Å². The fraction of sp³-hybridized carbons (Fsp3) is 0.235. The second kappa shape index (κ2) is 6.11. The highest BCUT2D eigenvalue weighted by molar-refractivity contribution is 9.10. The normalized spacial score (nSPS) is 11.7. The van der Waals surface area contributed by atoms with Gasteiger partial charge in [0.05, 0.1) is 11.6 Å². The zero-order valence-corrected chi connectivity index (χ0v) is 13.5. The van der Waals surface area contributed by atoms with Crippen molar-refractivity contribution in [2.75, 3.05) is 0 Å². The maximum absolute atomic E-state index is 9.38. The van der Waals surface area contributed by atoms with Crippen molar-refractivity contribution >= 4 is 27.6 Å². The third kappa shape index (κ3) is 3.20. The topological polar surface area (TPSA) is 28.7 Å². The fourth-order valence-corrected chi connectivity index (χ4v) is 2.65. The Morgan fingerprint density at radius 1 is 1.35 bits per heavy atom. The first kappa shape index (κ1) is 14.6. The lowest BCUT2D eigenvalue weighted by molar-refractivity contribution is 0.589. The second-order valence-corrected chi connectivity index (χ2v) is 6.01. The van der Waals surface area contributed by atoms with Crippen molar-refractivity contribution in [2.24, 2.45) is 0 Å². The van der Waals surface area contributed by atoms with Gasteiger partial charge >= 0.3 is 0 Å². The summed E-state index contributed by atoms with van der Waals surface area (Å²) in [5.41, 5.74) is 3.87. The molecule has 0 saturated heterocycles. The number of aromatic nitrogens is 1. The van der Waals surface area contributed by atoms with Crippen LogP contribution in [0.4, 0.5) is 0 Å². The largest absolute Gasteiger partial charge is 0.349 e. The number of nitriles is 1. The van der Waals surface area contributed by atoms with Crippen molar-refractivity contribution in [2.45, 2.75) is 26.8 Å². The molecule has 0 fully saturated rings. The molecule has 2 nitrogen and oxygen atoms in total. The van der Waals surface area contributed by atoms with Gasteiger partial charge in [-0.25, -0.2) is 0 Å². The van der Waals surface area contributed by atoms with Crippen molar-refractivity contribution in [3.8, 4) is 6.07 Å². The molecule has 0 N–H and O–H groups in total. The minimum absolute atomic E-state index is 0.425. The predicted molar refractivity (Wildman–Crippen MR) is 87.2 cm³/mol. The highest BCUT2D eigenvalue weighted by Crippen LogP contribution is 2.23. The zero-order valence-electron chi connectivity index (χ0n) is 11.9. The summed E-state index contributed by atoms with van der Waals surface area (Å²) >= 11 is 3.44. The van der Waals surface area contributed by atoms with Crippen LogP contribution in [-0.2, 0) is 0 Å². The molecule has 0 amide bonds. The number of benzene rings is 1. The molecular formula is C17H17BrN2. The smallest absolute Gasteiger partial charge is 0.0998 e. The van der Waals surface area contributed by atoms with Crippen LogP contribution < -0.4 is 0 Å². The van der Waals surface area contributed by atoms with Crippen LogP contribution in [0.3, 0.4) is 0 Å². The summed E-state index contributed by atoms with van der Waals surface area (Å²) in [4.78, 5) is 0. The molecule has 1 heterocycles. The molecule has 2 rings (SSSR count). The number of allylic oxidation sites excluding steroid dienone is 1. The van der Waals surface area contributed by atoms with E-state index in [1.807, 2.05) is 30.3 Å². The van der Waals surface area contributed by atoms with E-state index in [2.05, 4.69) is 59.6 Å². The van der Waals surface area contributed by atoms with Gasteiger partial charge in [-0.3, -0.25) is 0 Å². The van der Waals surface area contributed by atoms with E-state index in [0.717, 1.165) is 15.6 Å². The van der Waals surface area contributed by atoms with Gasteiger partial charge in [0.2, 0.25) is 0 Å². The highest BCUT2D eigenvalue weighted by atomic mass is 79.9. The summed E-state index contributed by atoms with van der Waals surface area (Å²) in [6.07, 6.45) is 4.03. The van der Waals surface area contributed by atoms with E-state index in [-0.39, 0.29) is 0 Å². The molecule has 0 atom stereocenters. The van der Waals surface area contributed by atoms with E-state index in [9.17, 15) is 5.26 Å². The standard InChI is InChI=1S/C17H17BrN2/c1-12(2)20-11-14(7-13(20)3)8-16(10-19)15-5-4-6-17(18)9-15/h4-9,11-12H,1-3H3/b16-8+. The molecule has 0 aliphatic rings. The molecular weight excluding hydrogens is 312 g/mol. The summed E-state index contributed by atoms with van der Waals surface area (Å²) in [7, 11) is 0. The van der Waals surface area contributed by atoms with Crippen molar-refractivity contribution in [1.82, 2.24) is 4.57 Å². The third-order valence-corrected chi connectivity index (χ3v) is 3.69. The number of hydrogen-bond donors (Lipinski definition) is 0. The van der Waals surface area contributed by atoms with Crippen molar-refractivity contribution in [3.05, 3.63) is 57.8 Å². The van der Waals surface area contributed by atoms with Gasteiger partial charge in [0.15, 0.2) is 0 Å². The Morgan fingerprint density at radius 2 is 2.10 bits per heavy atom. The van der Waals surface area contributed by atoms with Crippen LogP contribution in [0.25, 0.3) is 11.6 Å². The van der Waals surface area contributed by atoms with Crippen LogP contribution in [0.15, 0.2) is 41.0 Å². The van der Waals surface area contributed by atoms with Crippen LogP contribution in [0.5, 0.6) is 0 Å². The maximum Gasteiger partial charge on any atom is 0.0998 e. The first-order valence-corrected chi connectivity index (χ1v) is 7.37. The molecule has 0 aliphatic heterocycles. The Labute approximate surface area is 128 Å². The molecule has 102 valence electrons. The predicted octanol–water partition coefficient (Wildman–Crippen LogP) is 5.20. The molecule has 0 saturated carbocycles. The van der Waals surface area contributed by atoms with E-state index < -0.39 is 0 Å². The zero-order chi connectivity index (χ0) is 14.7. The Balaban J connectivity index is 2.42. The number of aryl methyl sites for hydroxylation is 1. The summed E-state index contributed by atoms with van der Waals surface area (Å²) in [5, 5.41) is 9.38. The second-order valence-electron chi connectivity index (χ2n) is 5.10. The minimum Gasteiger partial charge on any atom is -0.349 e. The SMILES string of the molecule is Cc1cc(/C=C(\C#N)c2cccc(Br)c2)cn1C(C)C. The molecule has 0 aliphatic carbocycles. The molecule has 20 heavy (non-hydrogen) atoms. The Hall–Kier alpha value is -1.79. The Morgan fingerprint density at radius 3 is 2.65 bits per heavy atom. The Bertz CT molecular complexity index is 687. The average Bonchev–Trinajstić information content (AvgIpc) is 2.77.